The highest BCUT2D eigenvalue weighted by molar-refractivity contribution is 7.88. The van der Waals surface area contributed by atoms with E-state index in [9.17, 15) is 8.42 Å². The highest BCUT2D eigenvalue weighted by Crippen LogP contribution is 2.10. The number of hydrogen-bond acceptors (Lipinski definition) is 4. The van der Waals surface area contributed by atoms with Gasteiger partial charge >= 0.3 is 0 Å². The van der Waals surface area contributed by atoms with Gasteiger partial charge < -0.3 is 5.32 Å². The predicted molar refractivity (Wildman–Crippen MR) is 61.3 cm³/mol. The molecule has 1 N–H and O–H groups in total. The fourth-order valence-corrected chi connectivity index (χ4v) is 3.22. The van der Waals surface area contributed by atoms with E-state index in [4.69, 9.17) is 0 Å². The third-order valence-corrected chi connectivity index (χ3v) is 4.39. The number of aromatic nitrogens is 1. The van der Waals surface area contributed by atoms with Crippen LogP contribution in [0.3, 0.4) is 0 Å². The van der Waals surface area contributed by atoms with Crippen molar-refractivity contribution >= 4 is 10.0 Å². The Morgan fingerprint density at radius 1 is 1.38 bits per heavy atom. The molecule has 0 aromatic carbocycles. The maximum atomic E-state index is 12.0. The number of rotatable bonds is 3. The van der Waals surface area contributed by atoms with Crippen LogP contribution in [0.25, 0.3) is 0 Å². The lowest BCUT2D eigenvalue weighted by Crippen LogP contribution is -2.46. The lowest BCUT2D eigenvalue weighted by Gasteiger charge is -2.26. The molecule has 0 unspecified atom stereocenters. The molecule has 2 rings (SSSR count). The highest BCUT2D eigenvalue weighted by Gasteiger charge is 2.23. The Morgan fingerprint density at radius 2 is 2.12 bits per heavy atom. The van der Waals surface area contributed by atoms with Gasteiger partial charge in [-0.3, -0.25) is 4.98 Å². The summed E-state index contributed by atoms with van der Waals surface area (Å²) in [5.74, 6) is 0.0425. The first-order valence-corrected chi connectivity index (χ1v) is 6.87. The molecule has 1 aromatic heterocycles. The van der Waals surface area contributed by atoms with Gasteiger partial charge in [0, 0.05) is 38.6 Å². The first-order chi connectivity index (χ1) is 7.68. The SMILES string of the molecule is O=S(=O)(Cc1cccnc1)N1CCNCC1. The molecule has 0 amide bonds. The maximum Gasteiger partial charge on any atom is 0.218 e. The summed E-state index contributed by atoms with van der Waals surface area (Å²) < 4.78 is 25.6. The van der Waals surface area contributed by atoms with E-state index in [2.05, 4.69) is 10.3 Å². The van der Waals surface area contributed by atoms with Crippen molar-refractivity contribution in [3.8, 4) is 0 Å². The molecule has 0 radical (unpaired) electrons. The van der Waals surface area contributed by atoms with Crippen molar-refractivity contribution in [2.75, 3.05) is 26.2 Å². The zero-order valence-corrected chi connectivity index (χ0v) is 9.78. The third-order valence-electron chi connectivity index (χ3n) is 2.54. The van der Waals surface area contributed by atoms with Gasteiger partial charge in [-0.15, -0.1) is 0 Å². The van der Waals surface area contributed by atoms with Crippen LogP contribution in [0.5, 0.6) is 0 Å². The molecule has 1 aliphatic rings. The molecule has 0 atom stereocenters. The van der Waals surface area contributed by atoms with Crippen molar-refractivity contribution in [3.63, 3.8) is 0 Å². The number of hydrogen-bond donors (Lipinski definition) is 1. The summed E-state index contributed by atoms with van der Waals surface area (Å²) in [6, 6.07) is 3.54. The Morgan fingerprint density at radius 3 is 2.75 bits per heavy atom. The van der Waals surface area contributed by atoms with Crippen molar-refractivity contribution in [1.29, 1.82) is 0 Å². The molecule has 1 aliphatic heterocycles. The molecular formula is C10H15N3O2S. The molecule has 2 heterocycles. The van der Waals surface area contributed by atoms with Crippen LogP contribution in [0.4, 0.5) is 0 Å². The van der Waals surface area contributed by atoms with E-state index in [-0.39, 0.29) is 5.75 Å². The molecule has 1 saturated heterocycles. The monoisotopic (exact) mass is 241 g/mol. The Hall–Kier alpha value is -0.980. The Labute approximate surface area is 95.5 Å². The zero-order chi connectivity index (χ0) is 11.4. The van der Waals surface area contributed by atoms with Gasteiger partial charge in [-0.25, -0.2) is 8.42 Å². The van der Waals surface area contributed by atoms with Crippen molar-refractivity contribution in [2.24, 2.45) is 0 Å². The average molecular weight is 241 g/mol. The molecule has 1 aromatic rings. The number of nitrogens with one attached hydrogen (secondary N) is 1. The van der Waals surface area contributed by atoms with Crippen LogP contribution in [-0.2, 0) is 15.8 Å². The number of nitrogens with zero attached hydrogens (tertiary/aromatic N) is 2. The van der Waals surface area contributed by atoms with E-state index in [0.29, 0.717) is 13.1 Å². The molecule has 0 saturated carbocycles. The standard InChI is InChI=1S/C10H15N3O2S/c14-16(15,13-6-4-11-5-7-13)9-10-2-1-3-12-8-10/h1-3,8,11H,4-7,9H2. The number of piperazine rings is 1. The second kappa shape index (κ2) is 4.90. The normalized spacial score (nSPS) is 18.5. The van der Waals surface area contributed by atoms with Gasteiger partial charge in [0.15, 0.2) is 0 Å². The summed E-state index contributed by atoms with van der Waals surface area (Å²) in [7, 11) is -3.18. The summed E-state index contributed by atoms with van der Waals surface area (Å²) >= 11 is 0. The largest absolute Gasteiger partial charge is 0.314 e. The number of sulfonamides is 1. The Balaban J connectivity index is 2.08. The van der Waals surface area contributed by atoms with Crippen molar-refractivity contribution in [1.82, 2.24) is 14.6 Å². The van der Waals surface area contributed by atoms with E-state index in [0.717, 1.165) is 18.7 Å². The van der Waals surface area contributed by atoms with Gasteiger partial charge in [0.1, 0.15) is 0 Å². The summed E-state index contributed by atoms with van der Waals surface area (Å²) in [6.45, 7) is 2.57. The van der Waals surface area contributed by atoms with Crippen LogP contribution in [-0.4, -0.2) is 43.9 Å². The third kappa shape index (κ3) is 2.78. The first-order valence-electron chi connectivity index (χ1n) is 5.26. The van der Waals surface area contributed by atoms with Crippen LogP contribution in [0.15, 0.2) is 24.5 Å². The van der Waals surface area contributed by atoms with Crippen molar-refractivity contribution in [3.05, 3.63) is 30.1 Å². The second-order valence-corrected chi connectivity index (χ2v) is 5.74. The summed E-state index contributed by atoms with van der Waals surface area (Å²) in [5.41, 5.74) is 0.737. The molecule has 0 spiro atoms. The van der Waals surface area contributed by atoms with Gasteiger partial charge in [-0.1, -0.05) is 6.07 Å². The Bertz CT molecular complexity index is 427. The minimum Gasteiger partial charge on any atom is -0.314 e. The lowest BCUT2D eigenvalue weighted by atomic mass is 10.3. The first kappa shape index (κ1) is 11.5. The van der Waals surface area contributed by atoms with Crippen LogP contribution in [0.1, 0.15) is 5.56 Å². The lowest BCUT2D eigenvalue weighted by molar-refractivity contribution is 0.360. The fourth-order valence-electron chi connectivity index (χ4n) is 1.71. The molecule has 88 valence electrons. The van der Waals surface area contributed by atoms with Gasteiger partial charge in [-0.2, -0.15) is 4.31 Å². The molecule has 5 nitrogen and oxygen atoms in total. The van der Waals surface area contributed by atoms with Crippen LogP contribution in [0.2, 0.25) is 0 Å². The van der Waals surface area contributed by atoms with E-state index in [1.54, 1.807) is 24.5 Å². The molecule has 1 fully saturated rings. The van der Waals surface area contributed by atoms with Crippen molar-refractivity contribution < 1.29 is 8.42 Å². The zero-order valence-electron chi connectivity index (χ0n) is 8.96. The molecule has 6 heteroatoms. The maximum absolute atomic E-state index is 12.0. The van der Waals surface area contributed by atoms with Gasteiger partial charge in [0.2, 0.25) is 10.0 Å². The van der Waals surface area contributed by atoms with E-state index in [1.807, 2.05) is 0 Å². The summed E-state index contributed by atoms with van der Waals surface area (Å²) in [6.07, 6.45) is 3.24. The predicted octanol–water partition coefficient (Wildman–Crippen LogP) is -0.183. The molecule has 16 heavy (non-hydrogen) atoms. The summed E-state index contributed by atoms with van der Waals surface area (Å²) in [4.78, 5) is 3.92. The van der Waals surface area contributed by atoms with Gasteiger partial charge in [0.25, 0.3) is 0 Å². The number of pyridine rings is 1. The fraction of sp³-hybridized carbons (Fsp3) is 0.500. The topological polar surface area (TPSA) is 62.3 Å². The van der Waals surface area contributed by atoms with E-state index < -0.39 is 10.0 Å². The second-order valence-electron chi connectivity index (χ2n) is 3.77. The van der Waals surface area contributed by atoms with E-state index >= 15 is 0 Å². The quantitative estimate of drug-likeness (QED) is 0.797. The molecule has 0 bridgehead atoms. The summed E-state index contributed by atoms with van der Waals surface area (Å²) in [5, 5.41) is 3.13. The molecule has 0 aliphatic carbocycles. The van der Waals surface area contributed by atoms with Gasteiger partial charge in [-0.05, 0) is 11.6 Å². The Kier molecular flexibility index (Phi) is 3.52. The van der Waals surface area contributed by atoms with E-state index in [1.165, 1.54) is 4.31 Å². The van der Waals surface area contributed by atoms with Crippen LogP contribution in [0, 0.1) is 0 Å². The minimum absolute atomic E-state index is 0.0425. The van der Waals surface area contributed by atoms with Crippen LogP contribution >= 0.6 is 0 Å². The molecular weight excluding hydrogens is 226 g/mol. The minimum atomic E-state index is -3.18. The van der Waals surface area contributed by atoms with Crippen LogP contribution < -0.4 is 5.32 Å². The smallest absolute Gasteiger partial charge is 0.218 e. The highest BCUT2D eigenvalue weighted by atomic mass is 32.2. The van der Waals surface area contributed by atoms with Gasteiger partial charge in [0.05, 0.1) is 5.75 Å². The van der Waals surface area contributed by atoms with Crippen molar-refractivity contribution in [2.45, 2.75) is 5.75 Å². The average Bonchev–Trinajstić information content (AvgIpc) is 2.31.